The van der Waals surface area contributed by atoms with Gasteiger partial charge >= 0.3 is 0 Å². The molecule has 1 atom stereocenters. The van der Waals surface area contributed by atoms with Crippen molar-refractivity contribution in [1.29, 1.82) is 0 Å². The second-order valence-corrected chi connectivity index (χ2v) is 8.43. The van der Waals surface area contributed by atoms with Crippen LogP contribution in [-0.4, -0.2) is 47.8 Å². The zero-order valence-electron chi connectivity index (χ0n) is 15.9. The lowest BCUT2D eigenvalue weighted by molar-refractivity contribution is -0.142. The third-order valence-electron chi connectivity index (χ3n) is 6.98. The third kappa shape index (κ3) is 3.26. The highest BCUT2D eigenvalue weighted by Crippen LogP contribution is 2.41. The van der Waals surface area contributed by atoms with Gasteiger partial charge in [0.2, 0.25) is 11.8 Å². The molecule has 26 heavy (non-hydrogen) atoms. The molecular weight excluding hydrogens is 324 g/mol. The van der Waals surface area contributed by atoms with Crippen LogP contribution in [0.15, 0.2) is 24.3 Å². The van der Waals surface area contributed by atoms with Crippen molar-refractivity contribution in [2.45, 2.75) is 57.8 Å². The third-order valence-corrected chi connectivity index (χ3v) is 6.98. The maximum Gasteiger partial charge on any atom is 0.223 e. The molecule has 0 unspecified atom stereocenters. The van der Waals surface area contributed by atoms with Crippen molar-refractivity contribution in [1.82, 2.24) is 9.80 Å². The van der Waals surface area contributed by atoms with Crippen LogP contribution >= 0.6 is 0 Å². The van der Waals surface area contributed by atoms with Gasteiger partial charge in [-0.1, -0.05) is 24.3 Å². The molecule has 1 aliphatic carbocycles. The van der Waals surface area contributed by atoms with E-state index < -0.39 is 0 Å². The van der Waals surface area contributed by atoms with E-state index in [1.807, 2.05) is 4.90 Å². The van der Waals surface area contributed by atoms with Crippen LogP contribution in [-0.2, 0) is 16.0 Å². The summed E-state index contributed by atoms with van der Waals surface area (Å²) in [4.78, 5) is 28.9. The molecule has 4 rings (SSSR count). The Morgan fingerprint density at radius 2 is 1.92 bits per heavy atom. The van der Waals surface area contributed by atoms with Gasteiger partial charge in [0.1, 0.15) is 0 Å². The number of hydrogen-bond acceptors (Lipinski definition) is 2. The van der Waals surface area contributed by atoms with E-state index in [2.05, 4.69) is 36.1 Å². The van der Waals surface area contributed by atoms with Crippen molar-refractivity contribution < 1.29 is 9.59 Å². The highest BCUT2D eigenvalue weighted by Gasteiger charge is 2.41. The van der Waals surface area contributed by atoms with E-state index in [-0.39, 0.29) is 5.41 Å². The number of fused-ring (bicyclic) bond motifs is 1. The fourth-order valence-electron chi connectivity index (χ4n) is 5.23. The lowest BCUT2D eigenvalue weighted by atomic mass is 9.72. The largest absolute Gasteiger partial charge is 0.343 e. The van der Waals surface area contributed by atoms with Crippen molar-refractivity contribution in [3.05, 3.63) is 35.4 Å². The second-order valence-electron chi connectivity index (χ2n) is 8.43. The number of carbonyl (C=O) groups is 2. The first-order valence-corrected chi connectivity index (χ1v) is 10.2. The van der Waals surface area contributed by atoms with Gasteiger partial charge in [0, 0.05) is 39.0 Å². The fraction of sp³-hybridized carbons (Fsp3) is 0.636. The van der Waals surface area contributed by atoms with Crippen LogP contribution in [0.1, 0.15) is 62.5 Å². The minimum Gasteiger partial charge on any atom is -0.343 e. The topological polar surface area (TPSA) is 40.6 Å². The van der Waals surface area contributed by atoms with Crippen LogP contribution in [0.3, 0.4) is 0 Å². The lowest BCUT2D eigenvalue weighted by Crippen LogP contribution is -2.52. The summed E-state index contributed by atoms with van der Waals surface area (Å²) in [6.07, 6.45) is 6.65. The minimum absolute atomic E-state index is 0.251. The Morgan fingerprint density at radius 1 is 1.15 bits per heavy atom. The fourth-order valence-corrected chi connectivity index (χ4v) is 5.23. The molecule has 3 aliphatic rings. The van der Waals surface area contributed by atoms with Gasteiger partial charge in [-0.2, -0.15) is 0 Å². The maximum atomic E-state index is 12.9. The Morgan fingerprint density at radius 3 is 2.69 bits per heavy atom. The molecule has 1 aromatic carbocycles. The predicted molar refractivity (Wildman–Crippen MR) is 102 cm³/mol. The molecule has 1 aromatic rings. The van der Waals surface area contributed by atoms with Crippen LogP contribution in [0.25, 0.3) is 0 Å². The van der Waals surface area contributed by atoms with Gasteiger partial charge < -0.3 is 9.80 Å². The molecule has 0 aromatic heterocycles. The van der Waals surface area contributed by atoms with E-state index in [0.717, 1.165) is 58.3 Å². The Hall–Kier alpha value is -1.84. The highest BCUT2D eigenvalue weighted by molar-refractivity contribution is 5.78. The van der Waals surface area contributed by atoms with E-state index in [1.165, 1.54) is 11.1 Å². The summed E-state index contributed by atoms with van der Waals surface area (Å²) in [5.74, 6) is 1.02. The van der Waals surface area contributed by atoms with Gasteiger partial charge in [0.15, 0.2) is 0 Å². The van der Waals surface area contributed by atoms with Crippen molar-refractivity contribution in [3.8, 4) is 0 Å². The SMILES string of the molecule is CCN1CC2(CCC1=O)CCN(C(=O)C[C@H]1CCc3ccccc31)CC2. The molecule has 4 nitrogen and oxygen atoms in total. The van der Waals surface area contributed by atoms with Crippen molar-refractivity contribution in [3.63, 3.8) is 0 Å². The van der Waals surface area contributed by atoms with Crippen molar-refractivity contribution >= 4 is 11.8 Å². The summed E-state index contributed by atoms with van der Waals surface area (Å²) in [7, 11) is 0. The summed E-state index contributed by atoms with van der Waals surface area (Å²) < 4.78 is 0. The first-order chi connectivity index (χ1) is 12.6. The molecule has 2 aliphatic heterocycles. The molecule has 0 saturated carbocycles. The van der Waals surface area contributed by atoms with Gasteiger partial charge in [-0.05, 0) is 61.5 Å². The van der Waals surface area contributed by atoms with Gasteiger partial charge in [-0.15, -0.1) is 0 Å². The lowest BCUT2D eigenvalue weighted by Gasteiger charge is -2.47. The molecule has 2 saturated heterocycles. The van der Waals surface area contributed by atoms with Gasteiger partial charge in [-0.25, -0.2) is 0 Å². The number of hydrogen-bond donors (Lipinski definition) is 0. The maximum absolute atomic E-state index is 12.9. The molecule has 140 valence electrons. The van der Waals surface area contributed by atoms with Crippen LogP contribution in [0.4, 0.5) is 0 Å². The van der Waals surface area contributed by atoms with E-state index in [4.69, 9.17) is 0 Å². The van der Waals surface area contributed by atoms with Crippen molar-refractivity contribution in [2.24, 2.45) is 5.41 Å². The first kappa shape index (κ1) is 17.6. The Kier molecular flexibility index (Phi) is 4.76. The number of aryl methyl sites for hydroxylation is 1. The number of likely N-dealkylation sites (tertiary alicyclic amines) is 2. The summed E-state index contributed by atoms with van der Waals surface area (Å²) in [6, 6.07) is 8.59. The zero-order valence-corrected chi connectivity index (χ0v) is 15.9. The molecule has 0 N–H and O–H groups in total. The van der Waals surface area contributed by atoms with E-state index in [1.54, 1.807) is 0 Å². The highest BCUT2D eigenvalue weighted by atomic mass is 16.2. The number of rotatable bonds is 3. The molecule has 2 amide bonds. The van der Waals surface area contributed by atoms with Gasteiger partial charge in [0.25, 0.3) is 0 Å². The average Bonchev–Trinajstić information content (AvgIpc) is 3.07. The number of piperidine rings is 2. The summed E-state index contributed by atoms with van der Waals surface area (Å²) in [6.45, 7) is 5.48. The van der Waals surface area contributed by atoms with Crippen LogP contribution in [0.2, 0.25) is 0 Å². The molecule has 1 spiro atoms. The normalized spacial score (nSPS) is 24.8. The number of carbonyl (C=O) groups excluding carboxylic acids is 2. The molecule has 2 fully saturated rings. The Bertz CT molecular complexity index is 691. The summed E-state index contributed by atoms with van der Waals surface area (Å²) in [5.41, 5.74) is 3.06. The standard InChI is InChI=1S/C22H30N2O2/c1-2-23-16-22(10-9-20(23)25)11-13-24(14-12-22)21(26)15-18-8-7-17-5-3-4-6-19(17)18/h3-6,18H,2,7-16H2,1H3/t18-/m1/s1. The molecule has 0 radical (unpaired) electrons. The number of amides is 2. The number of nitrogens with zero attached hydrogens (tertiary/aromatic N) is 2. The minimum atomic E-state index is 0.251. The molecule has 2 heterocycles. The second kappa shape index (κ2) is 7.05. The van der Waals surface area contributed by atoms with E-state index >= 15 is 0 Å². The van der Waals surface area contributed by atoms with E-state index in [0.29, 0.717) is 30.6 Å². The quantitative estimate of drug-likeness (QED) is 0.835. The molecular formula is C22H30N2O2. The zero-order chi connectivity index (χ0) is 18.1. The van der Waals surface area contributed by atoms with Crippen LogP contribution in [0.5, 0.6) is 0 Å². The summed E-state index contributed by atoms with van der Waals surface area (Å²) >= 11 is 0. The van der Waals surface area contributed by atoms with Crippen LogP contribution < -0.4 is 0 Å². The van der Waals surface area contributed by atoms with Crippen LogP contribution in [0, 0.1) is 5.41 Å². The Balaban J connectivity index is 1.34. The first-order valence-electron chi connectivity index (χ1n) is 10.2. The molecule has 0 bridgehead atoms. The van der Waals surface area contributed by atoms with Crippen molar-refractivity contribution in [2.75, 3.05) is 26.2 Å². The Labute approximate surface area is 156 Å². The van der Waals surface area contributed by atoms with Gasteiger partial charge in [-0.3, -0.25) is 9.59 Å². The number of benzene rings is 1. The molecule has 4 heteroatoms. The predicted octanol–water partition coefficient (Wildman–Crippen LogP) is 3.36. The summed E-state index contributed by atoms with van der Waals surface area (Å²) in [5, 5.41) is 0. The smallest absolute Gasteiger partial charge is 0.223 e. The average molecular weight is 354 g/mol. The monoisotopic (exact) mass is 354 g/mol. The van der Waals surface area contributed by atoms with Gasteiger partial charge in [0.05, 0.1) is 0 Å². The van der Waals surface area contributed by atoms with E-state index in [9.17, 15) is 9.59 Å².